The number of nitrogens with one attached hydrogen (secondary N) is 1. The van der Waals surface area contributed by atoms with Crippen LogP contribution in [0.25, 0.3) is 0 Å². The molecule has 0 aliphatic carbocycles. The zero-order valence-electron chi connectivity index (χ0n) is 47.4. The van der Waals surface area contributed by atoms with E-state index in [1.807, 2.05) is 6.08 Å². The first-order valence-corrected chi connectivity index (χ1v) is 30.2. The number of amides is 1. The van der Waals surface area contributed by atoms with Gasteiger partial charge in [-0.2, -0.15) is 0 Å². The van der Waals surface area contributed by atoms with Gasteiger partial charge in [0.2, 0.25) is 5.91 Å². The van der Waals surface area contributed by atoms with Crippen molar-refractivity contribution in [2.45, 2.75) is 304 Å². The Morgan fingerprint density at radius 2 is 0.821 bits per heavy atom. The summed E-state index contributed by atoms with van der Waals surface area (Å²) in [6.45, 7) is 1.66. The van der Waals surface area contributed by atoms with Crippen LogP contribution in [0.4, 0.5) is 0 Å². The molecule has 17 unspecified atom stereocenters. The monoisotopic (exact) mass is 1120 g/mol. The van der Waals surface area contributed by atoms with Gasteiger partial charge in [-0.3, -0.25) is 4.79 Å². The molecule has 0 spiro atoms. The molecule has 3 fully saturated rings. The van der Waals surface area contributed by atoms with E-state index in [1.54, 1.807) is 6.08 Å². The quantitative estimate of drug-likeness (QED) is 0.0271. The van der Waals surface area contributed by atoms with Gasteiger partial charge in [0.15, 0.2) is 18.9 Å². The van der Waals surface area contributed by atoms with Crippen molar-refractivity contribution in [3.63, 3.8) is 0 Å². The van der Waals surface area contributed by atoms with Crippen molar-refractivity contribution in [3.05, 3.63) is 36.5 Å². The van der Waals surface area contributed by atoms with Gasteiger partial charge in [-0.1, -0.05) is 172 Å². The van der Waals surface area contributed by atoms with Crippen LogP contribution < -0.4 is 5.32 Å². The summed E-state index contributed by atoms with van der Waals surface area (Å²) in [6.07, 6.45) is 18.5. The fraction of sp³-hybridized carbons (Fsp3) is 0.881. The first kappa shape index (κ1) is 70.3. The number of unbranched alkanes of at least 4 members (excludes halogenated alkanes) is 24. The minimum absolute atomic E-state index is 0.225. The number of allylic oxidation sites excluding steroid dienone is 5. The third-order valence-electron chi connectivity index (χ3n) is 15.2. The maximum atomic E-state index is 13.3. The van der Waals surface area contributed by atoms with E-state index in [-0.39, 0.29) is 18.9 Å². The maximum Gasteiger partial charge on any atom is 0.220 e. The Kier molecular flexibility index (Phi) is 38.5. The summed E-state index contributed by atoms with van der Waals surface area (Å²) < 4.78 is 34.2. The van der Waals surface area contributed by atoms with Crippen LogP contribution >= 0.6 is 0 Å². The van der Waals surface area contributed by atoms with E-state index < -0.39 is 124 Å². The molecular formula is C59H107NO18. The summed E-state index contributed by atoms with van der Waals surface area (Å²) in [5, 5.41) is 120. The second-order valence-corrected chi connectivity index (χ2v) is 21.8. The SMILES string of the molecule is CCCCC/C=C\CCCCCCCC(=O)NC(COC1OC(CO)C(OC2OC(CO)C(OC3OC(CO)C(O)C(O)C3O)C(O)C2O)C(O)C1O)C(O)/C=C/CC/C=C/CCCCCCCCCCCCCCCCC. The fourth-order valence-corrected chi connectivity index (χ4v) is 10.1. The second-order valence-electron chi connectivity index (χ2n) is 21.8. The Bertz CT molecular complexity index is 1570. The molecular weight excluding hydrogens is 1010 g/mol. The molecule has 3 aliphatic rings. The lowest BCUT2D eigenvalue weighted by Gasteiger charge is -2.48. The highest BCUT2D eigenvalue weighted by Gasteiger charge is 2.53. The van der Waals surface area contributed by atoms with Crippen LogP contribution in [0.3, 0.4) is 0 Å². The predicted molar refractivity (Wildman–Crippen MR) is 296 cm³/mol. The molecule has 3 saturated heterocycles. The normalized spacial score (nSPS) is 30.7. The van der Waals surface area contributed by atoms with Gasteiger partial charge in [0, 0.05) is 6.42 Å². The van der Waals surface area contributed by atoms with Crippen LogP contribution in [0.1, 0.15) is 200 Å². The standard InChI is InChI=1S/C59H107NO18/c1-3-5-7-9-11-13-15-17-18-19-20-21-22-23-24-25-26-28-30-32-34-36-43(64)42(60-47(65)37-35-33-31-29-27-16-14-12-10-8-6-4-2)41-73-57-53(71)50(68)55(45(39-62)75-57)78-59-54(72)51(69)56(46(40-63)76-59)77-58-52(70)49(67)48(66)44(38-61)74-58/h12,14,26,28,34,36,42-46,48-59,61-64,66-72H,3-11,13,15-25,27,29-33,35,37-41H2,1-2H3,(H,60,65)/b14-12-,28-26+,36-34+. The van der Waals surface area contributed by atoms with Gasteiger partial charge in [0.1, 0.15) is 73.2 Å². The van der Waals surface area contributed by atoms with Crippen molar-refractivity contribution in [3.8, 4) is 0 Å². The maximum absolute atomic E-state index is 13.3. The fourth-order valence-electron chi connectivity index (χ4n) is 10.1. The summed E-state index contributed by atoms with van der Waals surface area (Å²) in [5.41, 5.74) is 0. The highest BCUT2D eigenvalue weighted by atomic mass is 16.8. The average Bonchev–Trinajstić information content (AvgIpc) is 3.46. The molecule has 3 rings (SSSR count). The summed E-state index contributed by atoms with van der Waals surface area (Å²) in [4.78, 5) is 13.3. The van der Waals surface area contributed by atoms with E-state index in [1.165, 1.54) is 109 Å². The van der Waals surface area contributed by atoms with Crippen molar-refractivity contribution in [2.24, 2.45) is 0 Å². The van der Waals surface area contributed by atoms with Gasteiger partial charge >= 0.3 is 0 Å². The minimum Gasteiger partial charge on any atom is -0.394 e. The second kappa shape index (κ2) is 42.8. The van der Waals surface area contributed by atoms with E-state index in [9.17, 15) is 61.0 Å². The Morgan fingerprint density at radius 1 is 0.449 bits per heavy atom. The summed E-state index contributed by atoms with van der Waals surface area (Å²) in [5.74, 6) is -0.296. The number of ether oxygens (including phenoxy) is 6. The summed E-state index contributed by atoms with van der Waals surface area (Å²) >= 11 is 0. The average molecular weight is 1120 g/mol. The zero-order valence-corrected chi connectivity index (χ0v) is 47.4. The Labute approximate surface area is 466 Å². The summed E-state index contributed by atoms with van der Waals surface area (Å²) in [6, 6.07) is -0.992. The van der Waals surface area contributed by atoms with Crippen LogP contribution in [0.15, 0.2) is 36.5 Å². The van der Waals surface area contributed by atoms with Crippen LogP contribution in [0.5, 0.6) is 0 Å². The van der Waals surface area contributed by atoms with Crippen molar-refractivity contribution in [2.75, 3.05) is 26.4 Å². The molecule has 78 heavy (non-hydrogen) atoms. The molecule has 0 aromatic heterocycles. The van der Waals surface area contributed by atoms with E-state index in [4.69, 9.17) is 28.4 Å². The van der Waals surface area contributed by atoms with Gasteiger partial charge in [-0.05, 0) is 57.8 Å². The number of carbonyl (C=O) groups excluding carboxylic acids is 1. The van der Waals surface area contributed by atoms with Crippen molar-refractivity contribution >= 4 is 5.91 Å². The predicted octanol–water partition coefficient (Wildman–Crippen LogP) is 5.32. The lowest BCUT2D eigenvalue weighted by Crippen LogP contribution is -2.66. The van der Waals surface area contributed by atoms with Crippen LogP contribution in [0, 0.1) is 0 Å². The van der Waals surface area contributed by atoms with E-state index in [0.717, 1.165) is 57.8 Å². The summed E-state index contributed by atoms with van der Waals surface area (Å²) in [7, 11) is 0. The molecule has 0 aromatic rings. The molecule has 3 aliphatic heterocycles. The first-order valence-electron chi connectivity index (χ1n) is 30.2. The highest BCUT2D eigenvalue weighted by Crippen LogP contribution is 2.33. The highest BCUT2D eigenvalue weighted by molar-refractivity contribution is 5.76. The molecule has 19 heteroatoms. The van der Waals surface area contributed by atoms with Crippen LogP contribution in [0.2, 0.25) is 0 Å². The molecule has 17 atom stereocenters. The van der Waals surface area contributed by atoms with Gasteiger partial charge in [0.25, 0.3) is 0 Å². The Hall–Kier alpha value is -1.99. The molecule has 19 nitrogen and oxygen atoms in total. The zero-order chi connectivity index (χ0) is 56.9. The van der Waals surface area contributed by atoms with E-state index >= 15 is 0 Å². The van der Waals surface area contributed by atoms with Crippen molar-refractivity contribution in [1.82, 2.24) is 5.32 Å². The number of hydrogen-bond donors (Lipinski definition) is 12. The van der Waals surface area contributed by atoms with Crippen molar-refractivity contribution in [1.29, 1.82) is 0 Å². The minimum atomic E-state index is -1.98. The van der Waals surface area contributed by atoms with Crippen LogP contribution in [-0.4, -0.2) is 193 Å². The molecule has 3 heterocycles. The number of carbonyl (C=O) groups is 1. The van der Waals surface area contributed by atoms with Gasteiger partial charge in [-0.25, -0.2) is 0 Å². The smallest absolute Gasteiger partial charge is 0.220 e. The van der Waals surface area contributed by atoms with E-state index in [2.05, 4.69) is 43.5 Å². The molecule has 0 saturated carbocycles. The molecule has 0 radical (unpaired) electrons. The molecule has 12 N–H and O–H groups in total. The van der Waals surface area contributed by atoms with Crippen LogP contribution in [-0.2, 0) is 33.2 Å². The first-order chi connectivity index (χ1) is 37.8. The van der Waals surface area contributed by atoms with Gasteiger partial charge < -0.3 is 89.9 Å². The molecule has 0 bridgehead atoms. The van der Waals surface area contributed by atoms with E-state index in [0.29, 0.717) is 12.8 Å². The Morgan fingerprint density at radius 3 is 1.31 bits per heavy atom. The number of aliphatic hydroxyl groups excluding tert-OH is 11. The largest absolute Gasteiger partial charge is 0.394 e. The van der Waals surface area contributed by atoms with Gasteiger partial charge in [0.05, 0.1) is 38.6 Å². The van der Waals surface area contributed by atoms with Gasteiger partial charge in [-0.15, -0.1) is 0 Å². The van der Waals surface area contributed by atoms with Crippen molar-refractivity contribution < 1.29 is 89.4 Å². The third kappa shape index (κ3) is 26.5. The molecule has 0 aromatic carbocycles. The topological polar surface area (TPSA) is 307 Å². The molecule has 1 amide bonds. The lowest BCUT2D eigenvalue weighted by atomic mass is 9.96. The third-order valence-corrected chi connectivity index (χ3v) is 15.2. The molecule has 456 valence electrons. The number of rotatable bonds is 44. The lowest BCUT2D eigenvalue weighted by molar-refractivity contribution is -0.379. The number of hydrogen-bond acceptors (Lipinski definition) is 18. The Balaban J connectivity index is 1.51. The number of aliphatic hydroxyl groups is 11.